The summed E-state index contributed by atoms with van der Waals surface area (Å²) in [5, 5.41) is 18.8. The van der Waals surface area contributed by atoms with E-state index in [1.165, 1.54) is 5.56 Å². The van der Waals surface area contributed by atoms with Crippen LogP contribution >= 0.6 is 0 Å². The Morgan fingerprint density at radius 2 is 1.47 bits per heavy atom. The van der Waals surface area contributed by atoms with Crippen LogP contribution in [0.15, 0.2) is 54.6 Å². The number of aliphatic hydroxyl groups is 2. The van der Waals surface area contributed by atoms with Crippen LogP contribution in [0, 0.1) is 0 Å². The second-order valence-corrected chi connectivity index (χ2v) is 4.85. The molecule has 0 aromatic heterocycles. The van der Waals surface area contributed by atoms with Crippen LogP contribution in [0.2, 0.25) is 0 Å². The summed E-state index contributed by atoms with van der Waals surface area (Å²) in [5.74, 6) is -0.00479. The Labute approximate surface area is 114 Å². The topological polar surface area (TPSA) is 40.5 Å². The molecule has 2 aromatic carbocycles. The number of hydrogen-bond acceptors (Lipinski definition) is 2. The molecule has 0 aliphatic carbocycles. The van der Waals surface area contributed by atoms with Crippen molar-refractivity contribution < 1.29 is 10.2 Å². The van der Waals surface area contributed by atoms with Gasteiger partial charge in [-0.1, -0.05) is 54.6 Å². The van der Waals surface area contributed by atoms with Gasteiger partial charge in [0.15, 0.2) is 0 Å². The van der Waals surface area contributed by atoms with Crippen LogP contribution in [-0.4, -0.2) is 22.9 Å². The predicted octanol–water partition coefficient (Wildman–Crippen LogP) is 3.20. The molecular weight excluding hydrogens is 236 g/mol. The maximum atomic E-state index is 9.77. The van der Waals surface area contributed by atoms with Crippen molar-refractivity contribution in [2.75, 3.05) is 6.61 Å². The highest BCUT2D eigenvalue weighted by atomic mass is 16.3. The Hall–Kier alpha value is -1.64. The molecule has 0 bridgehead atoms. The first-order chi connectivity index (χ1) is 9.22. The highest BCUT2D eigenvalue weighted by molar-refractivity contribution is 5.63. The van der Waals surface area contributed by atoms with Gasteiger partial charge in [0, 0.05) is 12.5 Å². The van der Waals surface area contributed by atoms with Crippen molar-refractivity contribution in [1.82, 2.24) is 0 Å². The second-order valence-electron chi connectivity index (χ2n) is 4.85. The minimum absolute atomic E-state index is 0.00479. The molecule has 0 amide bonds. The van der Waals surface area contributed by atoms with Crippen LogP contribution < -0.4 is 0 Å². The number of aliphatic hydroxyl groups excluding tert-OH is 2. The lowest BCUT2D eigenvalue weighted by Crippen LogP contribution is -2.16. The number of hydrogen-bond donors (Lipinski definition) is 2. The van der Waals surface area contributed by atoms with Gasteiger partial charge in [-0.3, -0.25) is 0 Å². The first-order valence-corrected chi connectivity index (χ1v) is 6.66. The molecule has 0 aliphatic heterocycles. The lowest BCUT2D eigenvalue weighted by Gasteiger charge is -2.19. The van der Waals surface area contributed by atoms with Gasteiger partial charge in [-0.25, -0.2) is 0 Å². The van der Waals surface area contributed by atoms with Crippen LogP contribution in [0.1, 0.15) is 24.8 Å². The summed E-state index contributed by atoms with van der Waals surface area (Å²) in [5.41, 5.74) is 3.42. The Kier molecular flexibility index (Phi) is 4.72. The van der Waals surface area contributed by atoms with E-state index in [1.807, 2.05) is 30.3 Å². The summed E-state index contributed by atoms with van der Waals surface area (Å²) in [6.07, 6.45) is 0.136. The van der Waals surface area contributed by atoms with Crippen molar-refractivity contribution >= 4 is 0 Å². The van der Waals surface area contributed by atoms with Gasteiger partial charge in [-0.15, -0.1) is 0 Å². The molecule has 2 rings (SSSR count). The van der Waals surface area contributed by atoms with E-state index in [2.05, 4.69) is 24.3 Å². The maximum absolute atomic E-state index is 9.77. The minimum Gasteiger partial charge on any atom is -0.396 e. The van der Waals surface area contributed by atoms with E-state index in [0.717, 1.165) is 11.1 Å². The predicted molar refractivity (Wildman–Crippen MR) is 78.0 cm³/mol. The zero-order valence-corrected chi connectivity index (χ0v) is 11.2. The molecular formula is C17H20O2. The third-order valence-electron chi connectivity index (χ3n) is 3.47. The monoisotopic (exact) mass is 256 g/mol. The quantitative estimate of drug-likeness (QED) is 0.862. The number of rotatable bonds is 5. The van der Waals surface area contributed by atoms with Crippen molar-refractivity contribution in [2.24, 2.45) is 0 Å². The summed E-state index contributed by atoms with van der Waals surface area (Å²) < 4.78 is 0. The molecule has 2 nitrogen and oxygen atoms in total. The minimum atomic E-state index is -0.449. The average molecular weight is 256 g/mol. The molecule has 0 fully saturated rings. The summed E-state index contributed by atoms with van der Waals surface area (Å²) >= 11 is 0. The van der Waals surface area contributed by atoms with Crippen molar-refractivity contribution in [1.29, 1.82) is 0 Å². The summed E-state index contributed by atoms with van der Waals surface area (Å²) in [6, 6.07) is 18.4. The highest BCUT2D eigenvalue weighted by Gasteiger charge is 2.16. The van der Waals surface area contributed by atoms with E-state index >= 15 is 0 Å². The molecule has 2 atom stereocenters. The fraction of sp³-hybridized carbons (Fsp3) is 0.294. The van der Waals surface area contributed by atoms with E-state index in [-0.39, 0.29) is 12.5 Å². The molecule has 0 saturated carbocycles. The van der Waals surface area contributed by atoms with E-state index < -0.39 is 6.10 Å². The Morgan fingerprint density at radius 1 is 0.895 bits per heavy atom. The second kappa shape index (κ2) is 6.50. The van der Waals surface area contributed by atoms with Crippen molar-refractivity contribution in [3.63, 3.8) is 0 Å². The van der Waals surface area contributed by atoms with E-state index in [4.69, 9.17) is 5.11 Å². The third-order valence-corrected chi connectivity index (χ3v) is 3.47. The first kappa shape index (κ1) is 13.8. The molecule has 2 unspecified atom stereocenters. The summed E-state index contributed by atoms with van der Waals surface area (Å²) in [6.45, 7) is 1.86. The van der Waals surface area contributed by atoms with Crippen molar-refractivity contribution in [3.05, 3.63) is 60.2 Å². The maximum Gasteiger partial charge on any atom is 0.0581 e. The molecule has 19 heavy (non-hydrogen) atoms. The van der Waals surface area contributed by atoms with Gasteiger partial charge < -0.3 is 10.2 Å². The molecule has 100 valence electrons. The summed E-state index contributed by atoms with van der Waals surface area (Å²) in [7, 11) is 0. The van der Waals surface area contributed by atoms with E-state index in [9.17, 15) is 5.11 Å². The van der Waals surface area contributed by atoms with Crippen LogP contribution in [0.5, 0.6) is 0 Å². The average Bonchev–Trinajstić information content (AvgIpc) is 2.46. The molecule has 0 aliphatic rings. The van der Waals surface area contributed by atoms with Crippen LogP contribution in [0.4, 0.5) is 0 Å². The Bertz CT molecular complexity index is 488. The zero-order chi connectivity index (χ0) is 13.7. The van der Waals surface area contributed by atoms with Crippen LogP contribution in [0.25, 0.3) is 11.1 Å². The largest absolute Gasteiger partial charge is 0.396 e. The Balaban J connectivity index is 2.22. The first-order valence-electron chi connectivity index (χ1n) is 6.66. The van der Waals surface area contributed by atoms with Crippen LogP contribution in [0.3, 0.4) is 0 Å². The molecule has 0 saturated heterocycles. The van der Waals surface area contributed by atoms with Crippen molar-refractivity contribution in [3.8, 4) is 11.1 Å². The van der Waals surface area contributed by atoms with Gasteiger partial charge in [-0.05, 0) is 30.0 Å². The van der Waals surface area contributed by atoms with Crippen LogP contribution in [-0.2, 0) is 0 Å². The van der Waals surface area contributed by atoms with Crippen molar-refractivity contribution in [2.45, 2.75) is 25.4 Å². The lowest BCUT2D eigenvalue weighted by molar-refractivity contribution is 0.142. The van der Waals surface area contributed by atoms with E-state index in [1.54, 1.807) is 6.92 Å². The molecule has 2 heteroatoms. The summed E-state index contributed by atoms with van der Waals surface area (Å²) in [4.78, 5) is 0. The zero-order valence-electron chi connectivity index (χ0n) is 11.2. The van der Waals surface area contributed by atoms with Gasteiger partial charge in [-0.2, -0.15) is 0 Å². The van der Waals surface area contributed by atoms with Gasteiger partial charge in [0.05, 0.1) is 6.10 Å². The number of benzene rings is 2. The molecule has 0 radical (unpaired) electrons. The molecule has 0 spiro atoms. The van der Waals surface area contributed by atoms with Gasteiger partial charge >= 0.3 is 0 Å². The molecule has 0 heterocycles. The Morgan fingerprint density at radius 3 is 2.00 bits per heavy atom. The smallest absolute Gasteiger partial charge is 0.0581 e. The third kappa shape index (κ3) is 3.43. The normalized spacial score (nSPS) is 14.1. The fourth-order valence-corrected chi connectivity index (χ4v) is 2.38. The lowest BCUT2D eigenvalue weighted by atomic mass is 9.90. The van der Waals surface area contributed by atoms with E-state index in [0.29, 0.717) is 6.42 Å². The molecule has 2 N–H and O–H groups in total. The molecule has 2 aromatic rings. The SMILES string of the molecule is CC(O)C(CCO)c1ccc(-c2ccccc2)cc1. The van der Waals surface area contributed by atoms with Gasteiger partial charge in [0.2, 0.25) is 0 Å². The highest BCUT2D eigenvalue weighted by Crippen LogP contribution is 2.26. The van der Waals surface area contributed by atoms with Gasteiger partial charge in [0.25, 0.3) is 0 Å². The fourth-order valence-electron chi connectivity index (χ4n) is 2.38. The standard InChI is InChI=1S/C17H20O2/c1-13(19)17(11-12-18)16-9-7-15(8-10-16)14-5-3-2-4-6-14/h2-10,13,17-19H,11-12H2,1H3. The van der Waals surface area contributed by atoms with Gasteiger partial charge in [0.1, 0.15) is 0 Å².